The fraction of sp³-hybridized carbons (Fsp3) is 0.303. The van der Waals surface area contributed by atoms with Crippen LogP contribution in [0.25, 0.3) is 0 Å². The standard InChI is InChI=1S/C26H32B.C7H10N/c1-2-3-4-5-6-16-23-27(24-17-10-7-11-18-24,25-19-12-8-13-20-25)26-21-14-9-15-22-26;1-2-8-6-4-3-5-7-8/h7-15,17-22H,2-6,16,23H2,1H3;3-7H,2H2,1H3/q-1;+1. The van der Waals surface area contributed by atoms with Gasteiger partial charge in [0, 0.05) is 12.1 Å². The average Bonchev–Trinajstić information content (AvgIpc) is 2.95. The number of aromatic nitrogens is 1. The quantitative estimate of drug-likeness (QED) is 0.136. The third-order valence-electron chi connectivity index (χ3n) is 7.24. The molecular formula is C33H42BN. The molecule has 1 heterocycles. The molecule has 0 atom stereocenters. The van der Waals surface area contributed by atoms with Crippen LogP contribution in [0, 0.1) is 0 Å². The van der Waals surface area contributed by atoms with Crippen LogP contribution >= 0.6 is 0 Å². The predicted octanol–water partition coefficient (Wildman–Crippen LogP) is 6.51. The number of pyridine rings is 1. The van der Waals surface area contributed by atoms with Crippen molar-refractivity contribution >= 4 is 22.5 Å². The molecule has 0 amide bonds. The Morgan fingerprint density at radius 2 is 0.886 bits per heavy atom. The summed E-state index contributed by atoms with van der Waals surface area (Å²) in [6.45, 7) is 5.47. The minimum Gasteiger partial charge on any atom is -0.205 e. The summed E-state index contributed by atoms with van der Waals surface area (Å²) in [6, 6.07) is 39.6. The number of aryl methyl sites for hydroxylation is 1. The van der Waals surface area contributed by atoms with E-state index in [1.54, 1.807) is 0 Å². The highest BCUT2D eigenvalue weighted by molar-refractivity contribution is 7.11. The Morgan fingerprint density at radius 3 is 1.29 bits per heavy atom. The summed E-state index contributed by atoms with van der Waals surface area (Å²) >= 11 is 0. The van der Waals surface area contributed by atoms with E-state index >= 15 is 0 Å². The van der Waals surface area contributed by atoms with Gasteiger partial charge in [0.1, 0.15) is 6.54 Å². The maximum atomic E-state index is 2.33. The third kappa shape index (κ3) is 7.69. The van der Waals surface area contributed by atoms with Crippen LogP contribution in [-0.2, 0) is 6.54 Å². The maximum Gasteiger partial charge on any atom is 0.168 e. The van der Waals surface area contributed by atoms with Gasteiger partial charge in [0.25, 0.3) is 0 Å². The van der Waals surface area contributed by atoms with Gasteiger partial charge in [-0.25, -0.2) is 4.57 Å². The maximum absolute atomic E-state index is 2.33. The summed E-state index contributed by atoms with van der Waals surface area (Å²) in [5.41, 5.74) is 4.38. The minimum atomic E-state index is -0.938. The molecule has 35 heavy (non-hydrogen) atoms. The second-order valence-corrected chi connectivity index (χ2v) is 9.54. The highest BCUT2D eigenvalue weighted by Crippen LogP contribution is 2.18. The molecule has 1 nitrogen and oxygen atoms in total. The normalized spacial score (nSPS) is 10.9. The topological polar surface area (TPSA) is 3.88 Å². The minimum absolute atomic E-state index is 0.938. The first-order valence-corrected chi connectivity index (χ1v) is 13.6. The van der Waals surface area contributed by atoms with Gasteiger partial charge in [0.15, 0.2) is 12.4 Å². The van der Waals surface area contributed by atoms with Crippen LogP contribution in [-0.4, -0.2) is 6.15 Å². The van der Waals surface area contributed by atoms with E-state index in [2.05, 4.69) is 122 Å². The molecule has 0 radical (unpaired) electrons. The van der Waals surface area contributed by atoms with Gasteiger partial charge in [-0.3, -0.25) is 0 Å². The SMILES string of the molecule is CCCCCCCC[B-](c1ccccc1)(c1ccccc1)c1ccccc1.CC[n+]1ccccc1. The summed E-state index contributed by atoms with van der Waals surface area (Å²) in [5.74, 6) is 0. The van der Waals surface area contributed by atoms with Crippen LogP contribution in [0.5, 0.6) is 0 Å². The van der Waals surface area contributed by atoms with E-state index in [1.165, 1.54) is 61.2 Å². The van der Waals surface area contributed by atoms with Crippen LogP contribution in [0.2, 0.25) is 6.32 Å². The smallest absolute Gasteiger partial charge is 0.168 e. The first kappa shape index (κ1) is 26.5. The lowest BCUT2D eigenvalue weighted by Gasteiger charge is -2.43. The lowest BCUT2D eigenvalue weighted by atomic mass is 9.14. The van der Waals surface area contributed by atoms with E-state index in [-0.39, 0.29) is 0 Å². The van der Waals surface area contributed by atoms with Gasteiger partial charge in [-0.1, -0.05) is 143 Å². The summed E-state index contributed by atoms with van der Waals surface area (Å²) in [7, 11) is 0. The van der Waals surface area contributed by atoms with Crippen molar-refractivity contribution in [3.8, 4) is 0 Å². The number of unbranched alkanes of at least 4 members (excludes halogenated alkanes) is 5. The number of rotatable bonds is 11. The molecule has 0 aliphatic heterocycles. The van der Waals surface area contributed by atoms with Gasteiger partial charge in [-0.05, 0) is 6.92 Å². The second-order valence-electron chi connectivity index (χ2n) is 9.54. The van der Waals surface area contributed by atoms with Gasteiger partial charge in [-0.15, -0.1) is 0 Å². The molecule has 0 unspecified atom stereocenters. The van der Waals surface area contributed by atoms with Crippen LogP contribution in [0.15, 0.2) is 122 Å². The van der Waals surface area contributed by atoms with Crippen molar-refractivity contribution in [2.24, 2.45) is 0 Å². The Bertz CT molecular complexity index is 953. The van der Waals surface area contributed by atoms with Gasteiger partial charge in [-0.2, -0.15) is 22.7 Å². The summed E-state index contributed by atoms with van der Waals surface area (Å²) in [6.07, 6.45) is 12.4. The Hall–Kier alpha value is -3.13. The van der Waals surface area contributed by atoms with Gasteiger partial charge in [0.05, 0.1) is 6.15 Å². The highest BCUT2D eigenvalue weighted by Gasteiger charge is 2.28. The van der Waals surface area contributed by atoms with Crippen molar-refractivity contribution in [2.75, 3.05) is 0 Å². The summed E-state index contributed by atoms with van der Waals surface area (Å²) in [4.78, 5) is 0. The molecule has 2 heteroatoms. The molecule has 3 aromatic carbocycles. The first-order valence-electron chi connectivity index (χ1n) is 13.6. The molecule has 0 aliphatic rings. The Morgan fingerprint density at radius 1 is 0.486 bits per heavy atom. The van der Waals surface area contributed by atoms with Crippen molar-refractivity contribution in [3.05, 3.63) is 122 Å². The van der Waals surface area contributed by atoms with Crippen molar-refractivity contribution in [1.82, 2.24) is 0 Å². The van der Waals surface area contributed by atoms with Crippen LogP contribution < -0.4 is 21.0 Å². The molecule has 0 aliphatic carbocycles. The van der Waals surface area contributed by atoms with Crippen LogP contribution in [0.1, 0.15) is 52.4 Å². The molecule has 0 bridgehead atoms. The lowest BCUT2D eigenvalue weighted by molar-refractivity contribution is -0.693. The zero-order valence-corrected chi connectivity index (χ0v) is 21.7. The van der Waals surface area contributed by atoms with Gasteiger partial charge in [0.2, 0.25) is 0 Å². The molecule has 4 rings (SSSR count). The molecule has 0 saturated heterocycles. The monoisotopic (exact) mass is 463 g/mol. The van der Waals surface area contributed by atoms with Crippen LogP contribution in [0.3, 0.4) is 0 Å². The Kier molecular flexibility index (Phi) is 11.3. The van der Waals surface area contributed by atoms with E-state index in [4.69, 9.17) is 0 Å². The number of nitrogens with zero attached hydrogens (tertiary/aromatic N) is 1. The first-order chi connectivity index (χ1) is 17.3. The molecule has 4 aromatic rings. The van der Waals surface area contributed by atoms with Crippen molar-refractivity contribution < 1.29 is 4.57 Å². The molecule has 0 spiro atoms. The van der Waals surface area contributed by atoms with E-state index in [9.17, 15) is 0 Å². The van der Waals surface area contributed by atoms with Crippen molar-refractivity contribution in [1.29, 1.82) is 0 Å². The zero-order chi connectivity index (χ0) is 24.6. The van der Waals surface area contributed by atoms with Crippen LogP contribution in [0.4, 0.5) is 0 Å². The van der Waals surface area contributed by atoms with Crippen molar-refractivity contribution in [2.45, 2.75) is 65.2 Å². The summed E-state index contributed by atoms with van der Waals surface area (Å²) < 4.78 is 2.12. The fourth-order valence-electron chi connectivity index (χ4n) is 5.30. The molecule has 182 valence electrons. The molecule has 1 aromatic heterocycles. The molecule has 0 saturated carbocycles. The highest BCUT2D eigenvalue weighted by atomic mass is 14.9. The molecule has 0 N–H and O–H groups in total. The number of hydrogen-bond acceptors (Lipinski definition) is 0. The third-order valence-corrected chi connectivity index (χ3v) is 7.24. The Labute approximate surface area is 213 Å². The average molecular weight is 464 g/mol. The number of benzene rings is 3. The number of hydrogen-bond donors (Lipinski definition) is 0. The van der Waals surface area contributed by atoms with E-state index in [0.29, 0.717) is 0 Å². The van der Waals surface area contributed by atoms with E-state index < -0.39 is 6.15 Å². The fourth-order valence-corrected chi connectivity index (χ4v) is 5.30. The van der Waals surface area contributed by atoms with E-state index in [0.717, 1.165) is 6.54 Å². The summed E-state index contributed by atoms with van der Waals surface area (Å²) in [5, 5.41) is 0. The van der Waals surface area contributed by atoms with E-state index in [1.807, 2.05) is 18.2 Å². The largest absolute Gasteiger partial charge is 0.205 e. The molecule has 0 fully saturated rings. The second kappa shape index (κ2) is 15.0. The van der Waals surface area contributed by atoms with Crippen molar-refractivity contribution in [3.63, 3.8) is 0 Å². The zero-order valence-electron chi connectivity index (χ0n) is 21.7. The van der Waals surface area contributed by atoms with Gasteiger partial charge >= 0.3 is 0 Å². The molecular weight excluding hydrogens is 421 g/mol. The Balaban J connectivity index is 0.000000363. The predicted molar refractivity (Wildman–Crippen MR) is 154 cm³/mol. The lowest BCUT2D eigenvalue weighted by Crippen LogP contribution is -2.66. The van der Waals surface area contributed by atoms with Gasteiger partial charge < -0.3 is 0 Å².